The Labute approximate surface area is 197 Å². The normalized spacial score (nSPS) is 10.4. The van der Waals surface area contributed by atoms with Crippen LogP contribution in [-0.2, 0) is 6.54 Å². The van der Waals surface area contributed by atoms with Gasteiger partial charge in [-0.05, 0) is 67.1 Å². The molecular weight excluding hydrogens is 430 g/mol. The van der Waals surface area contributed by atoms with Crippen LogP contribution in [0.25, 0.3) is 0 Å². The lowest BCUT2D eigenvalue weighted by Gasteiger charge is -2.11. The van der Waals surface area contributed by atoms with Crippen molar-refractivity contribution in [1.29, 1.82) is 0 Å². The number of aryl methyl sites for hydroxylation is 1. The van der Waals surface area contributed by atoms with Crippen LogP contribution in [0.4, 0.5) is 29.0 Å². The average Bonchev–Trinajstić information content (AvgIpc) is 2.85. The largest absolute Gasteiger partial charge is 0.497 e. The molecule has 3 aromatic carbocycles. The summed E-state index contributed by atoms with van der Waals surface area (Å²) in [6.45, 7) is 2.34. The van der Waals surface area contributed by atoms with Gasteiger partial charge in [0.1, 0.15) is 5.75 Å². The minimum absolute atomic E-state index is 0.133. The van der Waals surface area contributed by atoms with Crippen LogP contribution in [0.1, 0.15) is 21.7 Å². The number of methoxy groups -OCH3 is 1. The molecule has 1 amide bonds. The molecule has 5 N–H and O–H groups in total. The summed E-state index contributed by atoms with van der Waals surface area (Å²) in [7, 11) is 1.60. The third kappa shape index (κ3) is 5.77. The summed E-state index contributed by atoms with van der Waals surface area (Å²) in [6, 6.07) is 22.1. The molecule has 4 aromatic rings. The molecule has 0 unspecified atom stereocenters. The fourth-order valence-corrected chi connectivity index (χ4v) is 3.20. The van der Waals surface area contributed by atoms with Crippen molar-refractivity contribution >= 4 is 34.9 Å². The number of nitrogen functional groups attached to an aromatic ring is 1. The first-order chi connectivity index (χ1) is 16.5. The van der Waals surface area contributed by atoms with E-state index < -0.39 is 0 Å². The number of nitrogens with one attached hydrogen (secondary N) is 3. The average molecular weight is 456 g/mol. The van der Waals surface area contributed by atoms with Crippen molar-refractivity contribution in [2.75, 3.05) is 28.8 Å². The first kappa shape index (κ1) is 22.5. The Morgan fingerprint density at radius 3 is 2.32 bits per heavy atom. The van der Waals surface area contributed by atoms with E-state index in [1.165, 1.54) is 0 Å². The maximum absolute atomic E-state index is 12.5. The molecule has 0 aliphatic carbocycles. The summed E-state index contributed by atoms with van der Waals surface area (Å²) in [5.74, 6) is 1.53. The topological polar surface area (TPSA) is 127 Å². The van der Waals surface area contributed by atoms with Gasteiger partial charge in [0.15, 0.2) is 5.82 Å². The number of hydrogen-bond donors (Lipinski definition) is 4. The van der Waals surface area contributed by atoms with Gasteiger partial charge in [-0.1, -0.05) is 18.2 Å². The van der Waals surface area contributed by atoms with E-state index in [1.54, 1.807) is 43.5 Å². The highest BCUT2D eigenvalue weighted by molar-refractivity contribution is 6.04. The molecule has 9 nitrogen and oxygen atoms in total. The van der Waals surface area contributed by atoms with E-state index in [4.69, 9.17) is 10.5 Å². The van der Waals surface area contributed by atoms with E-state index >= 15 is 0 Å². The Balaban J connectivity index is 1.37. The number of ether oxygens (including phenoxy) is 1. The number of carbonyl (C=O) groups excluding carboxylic acids is 1. The van der Waals surface area contributed by atoms with Crippen LogP contribution in [0.15, 0.2) is 72.8 Å². The van der Waals surface area contributed by atoms with Crippen molar-refractivity contribution in [2.24, 2.45) is 0 Å². The predicted molar refractivity (Wildman–Crippen MR) is 133 cm³/mol. The third-order valence-corrected chi connectivity index (χ3v) is 5.04. The van der Waals surface area contributed by atoms with Gasteiger partial charge >= 0.3 is 0 Å². The smallest absolute Gasteiger partial charge is 0.255 e. The molecule has 0 aliphatic rings. The lowest BCUT2D eigenvalue weighted by Crippen LogP contribution is -2.12. The number of nitrogens with two attached hydrogens (primary N) is 1. The molecule has 34 heavy (non-hydrogen) atoms. The second-order valence-corrected chi connectivity index (χ2v) is 7.49. The SMILES string of the molecule is COc1ccc(NC(=O)c2ccc(NCc3nc(N)nc(Nc4ccccc4C)n3)cc2)cc1. The van der Waals surface area contributed by atoms with Gasteiger partial charge in [0.25, 0.3) is 5.91 Å². The number of anilines is 5. The number of rotatable bonds is 8. The summed E-state index contributed by atoms with van der Waals surface area (Å²) in [5.41, 5.74) is 9.88. The highest BCUT2D eigenvalue weighted by Crippen LogP contribution is 2.19. The standard InChI is InChI=1S/C25H25N7O2/c1-16-5-3-4-6-21(16)29-25-31-22(30-24(26)32-25)15-27-18-9-7-17(8-10-18)23(33)28-19-11-13-20(34-2)14-12-19/h3-14,27H,15H2,1-2H3,(H,28,33)(H3,26,29,30,31,32). The molecule has 9 heteroatoms. The van der Waals surface area contributed by atoms with E-state index in [2.05, 4.69) is 30.9 Å². The van der Waals surface area contributed by atoms with Crippen LogP contribution in [0, 0.1) is 6.92 Å². The number of para-hydroxylation sites is 1. The number of aromatic nitrogens is 3. The first-order valence-electron chi connectivity index (χ1n) is 10.6. The summed E-state index contributed by atoms with van der Waals surface area (Å²) < 4.78 is 5.13. The Hall–Kier alpha value is -4.66. The van der Waals surface area contributed by atoms with E-state index in [-0.39, 0.29) is 11.9 Å². The minimum Gasteiger partial charge on any atom is -0.497 e. The van der Waals surface area contributed by atoms with Crippen molar-refractivity contribution in [3.63, 3.8) is 0 Å². The molecule has 0 bridgehead atoms. The highest BCUT2D eigenvalue weighted by atomic mass is 16.5. The van der Waals surface area contributed by atoms with Crippen LogP contribution >= 0.6 is 0 Å². The molecule has 1 heterocycles. The van der Waals surface area contributed by atoms with Crippen molar-refractivity contribution < 1.29 is 9.53 Å². The second kappa shape index (κ2) is 10.3. The molecule has 1 aromatic heterocycles. The van der Waals surface area contributed by atoms with E-state index in [9.17, 15) is 4.79 Å². The van der Waals surface area contributed by atoms with Gasteiger partial charge in [0.05, 0.1) is 13.7 Å². The Bertz CT molecular complexity index is 1280. The number of nitrogens with zero attached hydrogens (tertiary/aromatic N) is 3. The summed E-state index contributed by atoms with van der Waals surface area (Å²) in [5, 5.41) is 9.27. The van der Waals surface area contributed by atoms with Crippen LogP contribution in [-0.4, -0.2) is 28.0 Å². The van der Waals surface area contributed by atoms with Crippen molar-refractivity contribution in [3.05, 3.63) is 89.7 Å². The monoisotopic (exact) mass is 455 g/mol. The molecule has 4 rings (SSSR count). The van der Waals surface area contributed by atoms with Crippen molar-refractivity contribution in [3.8, 4) is 5.75 Å². The molecule has 0 spiro atoms. The Morgan fingerprint density at radius 1 is 0.912 bits per heavy atom. The summed E-state index contributed by atoms with van der Waals surface area (Å²) in [4.78, 5) is 25.3. The quantitative estimate of drug-likeness (QED) is 0.308. The third-order valence-electron chi connectivity index (χ3n) is 5.04. The van der Waals surface area contributed by atoms with Crippen LogP contribution in [0.5, 0.6) is 5.75 Å². The molecule has 0 radical (unpaired) electrons. The van der Waals surface area contributed by atoms with Gasteiger partial charge < -0.3 is 26.4 Å². The predicted octanol–water partition coefficient (Wildman–Crippen LogP) is 4.38. The zero-order valence-corrected chi connectivity index (χ0v) is 18.9. The van der Waals surface area contributed by atoms with Gasteiger partial charge in [-0.25, -0.2) is 0 Å². The fraction of sp³-hybridized carbons (Fsp3) is 0.120. The maximum Gasteiger partial charge on any atom is 0.255 e. The van der Waals surface area contributed by atoms with E-state index in [0.29, 0.717) is 29.6 Å². The van der Waals surface area contributed by atoms with E-state index in [1.807, 2.05) is 43.3 Å². The molecule has 0 atom stereocenters. The van der Waals surface area contributed by atoms with Crippen LogP contribution < -0.4 is 26.4 Å². The molecular formula is C25H25N7O2. The van der Waals surface area contributed by atoms with Gasteiger partial charge in [-0.3, -0.25) is 4.79 Å². The number of amides is 1. The van der Waals surface area contributed by atoms with Crippen LogP contribution in [0.2, 0.25) is 0 Å². The maximum atomic E-state index is 12.5. The van der Waals surface area contributed by atoms with Crippen LogP contribution in [0.3, 0.4) is 0 Å². The van der Waals surface area contributed by atoms with Crippen molar-refractivity contribution in [2.45, 2.75) is 13.5 Å². The summed E-state index contributed by atoms with van der Waals surface area (Å²) in [6.07, 6.45) is 0. The first-order valence-corrected chi connectivity index (χ1v) is 10.6. The zero-order chi connectivity index (χ0) is 23.9. The molecule has 0 saturated carbocycles. The minimum atomic E-state index is -0.200. The van der Waals surface area contributed by atoms with Crippen molar-refractivity contribution in [1.82, 2.24) is 15.0 Å². The Kier molecular flexibility index (Phi) is 6.83. The second-order valence-electron chi connectivity index (χ2n) is 7.49. The van der Waals surface area contributed by atoms with Gasteiger partial charge in [-0.15, -0.1) is 0 Å². The highest BCUT2D eigenvalue weighted by Gasteiger charge is 2.08. The van der Waals surface area contributed by atoms with Gasteiger partial charge in [-0.2, -0.15) is 15.0 Å². The fourth-order valence-electron chi connectivity index (χ4n) is 3.20. The zero-order valence-electron chi connectivity index (χ0n) is 18.9. The lowest BCUT2D eigenvalue weighted by atomic mass is 10.2. The number of hydrogen-bond acceptors (Lipinski definition) is 8. The molecule has 0 aliphatic heterocycles. The van der Waals surface area contributed by atoms with Gasteiger partial charge in [0, 0.05) is 22.6 Å². The Morgan fingerprint density at radius 2 is 1.62 bits per heavy atom. The molecule has 172 valence electrons. The number of carbonyl (C=O) groups is 1. The summed E-state index contributed by atoms with van der Waals surface area (Å²) >= 11 is 0. The molecule has 0 saturated heterocycles. The number of benzene rings is 3. The lowest BCUT2D eigenvalue weighted by molar-refractivity contribution is 0.102. The van der Waals surface area contributed by atoms with Gasteiger partial charge in [0.2, 0.25) is 11.9 Å². The van der Waals surface area contributed by atoms with E-state index in [0.717, 1.165) is 22.7 Å². The molecule has 0 fully saturated rings.